The average molecular weight is 348 g/mol. The molecule has 0 saturated carbocycles. The maximum absolute atomic E-state index is 12.2. The van der Waals surface area contributed by atoms with E-state index in [1.807, 2.05) is 19.1 Å². The third-order valence-electron chi connectivity index (χ3n) is 2.95. The normalized spacial score (nSPS) is 10.6. The molecular weight excluding hydrogens is 338 g/mol. The van der Waals surface area contributed by atoms with E-state index in [1.54, 1.807) is 12.1 Å². The van der Waals surface area contributed by atoms with E-state index >= 15 is 0 Å². The van der Waals surface area contributed by atoms with Gasteiger partial charge in [0, 0.05) is 5.69 Å². The van der Waals surface area contributed by atoms with Crippen molar-refractivity contribution < 1.29 is 9.21 Å². The molecule has 7 nitrogen and oxygen atoms in total. The van der Waals surface area contributed by atoms with Crippen molar-refractivity contribution in [1.82, 2.24) is 20.2 Å². The third kappa shape index (κ3) is 2.70. The Hall–Kier alpha value is -2.48. The van der Waals surface area contributed by atoms with Gasteiger partial charge in [-0.25, -0.2) is 4.68 Å². The Kier molecular flexibility index (Phi) is 3.53. The second-order valence-electron chi connectivity index (χ2n) is 4.32. The summed E-state index contributed by atoms with van der Waals surface area (Å²) < 4.78 is 6.98. The summed E-state index contributed by atoms with van der Waals surface area (Å²) in [6.45, 7) is 1.91. The number of aryl methyl sites for hydroxylation is 1. The van der Waals surface area contributed by atoms with Crippen LogP contribution in [0.3, 0.4) is 0 Å². The molecule has 8 heteroatoms. The quantitative estimate of drug-likeness (QED) is 0.786. The fraction of sp³-hybridized carbons (Fsp3) is 0.0769. The monoisotopic (exact) mass is 347 g/mol. The van der Waals surface area contributed by atoms with Gasteiger partial charge in [0.2, 0.25) is 0 Å². The van der Waals surface area contributed by atoms with E-state index in [1.165, 1.54) is 17.3 Å². The second-order valence-corrected chi connectivity index (χ2v) is 5.04. The maximum atomic E-state index is 12.2. The van der Waals surface area contributed by atoms with E-state index in [-0.39, 0.29) is 5.91 Å². The van der Waals surface area contributed by atoms with Gasteiger partial charge in [0.15, 0.2) is 4.67 Å². The minimum absolute atomic E-state index is 0.257. The zero-order valence-electron chi connectivity index (χ0n) is 10.9. The van der Waals surface area contributed by atoms with Gasteiger partial charge in [-0.15, -0.1) is 5.10 Å². The molecule has 0 radical (unpaired) electrons. The number of tetrazole rings is 1. The van der Waals surface area contributed by atoms with Crippen molar-refractivity contribution in [3.05, 3.63) is 52.7 Å². The number of amides is 1. The SMILES string of the molecule is Cc1ccc(-n2cnnn2)cc1NC(=O)c1ccoc1Br. The van der Waals surface area contributed by atoms with Crippen molar-refractivity contribution in [2.24, 2.45) is 0 Å². The van der Waals surface area contributed by atoms with Crippen molar-refractivity contribution in [3.63, 3.8) is 0 Å². The number of halogens is 1. The zero-order chi connectivity index (χ0) is 14.8. The summed E-state index contributed by atoms with van der Waals surface area (Å²) in [6.07, 6.45) is 2.94. The van der Waals surface area contributed by atoms with Crippen LogP contribution >= 0.6 is 15.9 Å². The first-order valence-electron chi connectivity index (χ1n) is 6.03. The van der Waals surface area contributed by atoms with Gasteiger partial charge in [0.05, 0.1) is 17.5 Å². The molecule has 0 fully saturated rings. The number of hydrogen-bond donors (Lipinski definition) is 1. The number of nitrogens with zero attached hydrogens (tertiary/aromatic N) is 4. The summed E-state index contributed by atoms with van der Waals surface area (Å²) in [6, 6.07) is 7.16. The number of carbonyl (C=O) groups excluding carboxylic acids is 1. The van der Waals surface area contributed by atoms with E-state index in [2.05, 4.69) is 36.8 Å². The summed E-state index contributed by atoms with van der Waals surface area (Å²) in [5, 5.41) is 13.8. The van der Waals surface area contributed by atoms with Crippen LogP contribution in [0.25, 0.3) is 5.69 Å². The number of nitrogens with one attached hydrogen (secondary N) is 1. The van der Waals surface area contributed by atoms with Gasteiger partial charge in [-0.2, -0.15) is 0 Å². The highest BCUT2D eigenvalue weighted by Gasteiger charge is 2.14. The average Bonchev–Trinajstić information content (AvgIpc) is 3.12. The number of aromatic nitrogens is 4. The molecule has 0 aliphatic rings. The van der Waals surface area contributed by atoms with Crippen molar-refractivity contribution in [2.75, 3.05) is 5.32 Å². The molecule has 0 atom stereocenters. The van der Waals surface area contributed by atoms with E-state index in [0.717, 1.165) is 11.3 Å². The minimum atomic E-state index is -0.257. The molecule has 3 rings (SSSR count). The van der Waals surface area contributed by atoms with E-state index < -0.39 is 0 Å². The van der Waals surface area contributed by atoms with Gasteiger partial charge in [0.1, 0.15) is 6.33 Å². The van der Waals surface area contributed by atoms with E-state index in [0.29, 0.717) is 15.9 Å². The fourth-order valence-corrected chi connectivity index (χ4v) is 2.23. The Bertz CT molecular complexity index is 782. The first-order valence-corrected chi connectivity index (χ1v) is 6.83. The first kappa shape index (κ1) is 13.5. The van der Waals surface area contributed by atoms with Crippen LogP contribution in [0, 0.1) is 6.92 Å². The molecule has 2 heterocycles. The third-order valence-corrected chi connectivity index (χ3v) is 3.56. The molecule has 0 spiro atoms. The first-order chi connectivity index (χ1) is 10.1. The molecule has 2 aromatic heterocycles. The van der Waals surface area contributed by atoms with Crippen LogP contribution in [-0.4, -0.2) is 26.1 Å². The number of hydrogen-bond acceptors (Lipinski definition) is 5. The Labute approximate surface area is 128 Å². The minimum Gasteiger partial charge on any atom is -0.457 e. The highest BCUT2D eigenvalue weighted by Crippen LogP contribution is 2.22. The number of furan rings is 1. The topological polar surface area (TPSA) is 85.8 Å². The Morgan fingerprint density at radius 2 is 2.24 bits per heavy atom. The summed E-state index contributed by atoms with van der Waals surface area (Å²) in [5.74, 6) is -0.257. The smallest absolute Gasteiger partial charge is 0.260 e. The molecule has 0 aliphatic heterocycles. The Balaban J connectivity index is 1.90. The molecule has 21 heavy (non-hydrogen) atoms. The van der Waals surface area contributed by atoms with Gasteiger partial charge in [0.25, 0.3) is 5.91 Å². The van der Waals surface area contributed by atoms with Crippen LogP contribution in [-0.2, 0) is 0 Å². The maximum Gasteiger partial charge on any atom is 0.260 e. The molecule has 0 aliphatic carbocycles. The molecule has 106 valence electrons. The van der Waals surface area contributed by atoms with Gasteiger partial charge in [-0.1, -0.05) is 6.07 Å². The zero-order valence-corrected chi connectivity index (χ0v) is 12.5. The summed E-state index contributed by atoms with van der Waals surface area (Å²) in [7, 11) is 0. The van der Waals surface area contributed by atoms with Crippen LogP contribution in [0.5, 0.6) is 0 Å². The number of rotatable bonds is 3. The highest BCUT2D eigenvalue weighted by atomic mass is 79.9. The van der Waals surface area contributed by atoms with Gasteiger partial charge >= 0.3 is 0 Å². The summed E-state index contributed by atoms with van der Waals surface area (Å²) in [5.41, 5.74) is 2.80. The Morgan fingerprint density at radius 1 is 1.38 bits per heavy atom. The van der Waals surface area contributed by atoms with E-state index in [9.17, 15) is 4.79 Å². The summed E-state index contributed by atoms with van der Waals surface area (Å²) in [4.78, 5) is 12.2. The molecule has 0 unspecified atom stereocenters. The molecule has 1 aromatic carbocycles. The number of anilines is 1. The second kappa shape index (κ2) is 5.49. The van der Waals surface area contributed by atoms with Gasteiger partial charge < -0.3 is 9.73 Å². The molecular formula is C13H10BrN5O2. The Morgan fingerprint density at radius 3 is 2.90 bits per heavy atom. The van der Waals surface area contributed by atoms with Crippen LogP contribution in [0.15, 0.2) is 45.9 Å². The lowest BCUT2D eigenvalue weighted by molar-refractivity contribution is 0.102. The lowest BCUT2D eigenvalue weighted by Crippen LogP contribution is -2.13. The van der Waals surface area contributed by atoms with Gasteiger partial charge in [-0.05, 0) is 57.0 Å². The van der Waals surface area contributed by atoms with Crippen LogP contribution < -0.4 is 5.32 Å². The standard InChI is InChI=1S/C13H10BrN5O2/c1-8-2-3-9(19-7-15-17-18-19)6-11(8)16-13(20)10-4-5-21-12(10)14/h2-7H,1H3,(H,16,20). The largest absolute Gasteiger partial charge is 0.457 e. The molecule has 1 N–H and O–H groups in total. The van der Waals surface area contributed by atoms with Crippen molar-refractivity contribution in [1.29, 1.82) is 0 Å². The molecule has 3 aromatic rings. The highest BCUT2D eigenvalue weighted by molar-refractivity contribution is 9.10. The van der Waals surface area contributed by atoms with Crippen LogP contribution in [0.2, 0.25) is 0 Å². The number of carbonyl (C=O) groups is 1. The lowest BCUT2D eigenvalue weighted by Gasteiger charge is -2.09. The number of benzene rings is 1. The molecule has 0 bridgehead atoms. The van der Waals surface area contributed by atoms with Crippen LogP contribution in [0.4, 0.5) is 5.69 Å². The molecule has 0 saturated heterocycles. The molecule has 1 amide bonds. The van der Waals surface area contributed by atoms with Crippen molar-refractivity contribution in [3.8, 4) is 5.69 Å². The van der Waals surface area contributed by atoms with Gasteiger partial charge in [-0.3, -0.25) is 4.79 Å². The van der Waals surface area contributed by atoms with E-state index in [4.69, 9.17) is 4.42 Å². The predicted octanol–water partition coefficient (Wildman–Crippen LogP) is 2.58. The predicted molar refractivity (Wildman–Crippen MR) is 78.3 cm³/mol. The van der Waals surface area contributed by atoms with Crippen molar-refractivity contribution in [2.45, 2.75) is 6.92 Å². The van der Waals surface area contributed by atoms with Crippen LogP contribution in [0.1, 0.15) is 15.9 Å². The lowest BCUT2D eigenvalue weighted by atomic mass is 10.1. The fourth-order valence-electron chi connectivity index (χ4n) is 1.81. The summed E-state index contributed by atoms with van der Waals surface area (Å²) >= 11 is 3.19. The van der Waals surface area contributed by atoms with Crippen molar-refractivity contribution >= 4 is 27.5 Å².